The van der Waals surface area contributed by atoms with Gasteiger partial charge in [0.15, 0.2) is 0 Å². The zero-order valence-corrected chi connectivity index (χ0v) is 10.3. The number of rotatable bonds is 6. The van der Waals surface area contributed by atoms with Gasteiger partial charge in [-0.1, -0.05) is 29.8 Å². The summed E-state index contributed by atoms with van der Waals surface area (Å²) in [6.45, 7) is 5.23. The van der Waals surface area contributed by atoms with Crippen LogP contribution >= 0.6 is 0 Å². The smallest absolute Gasteiger partial charge is 0.0740 e. The summed E-state index contributed by atoms with van der Waals surface area (Å²) in [5.74, 6) is 0. The Morgan fingerprint density at radius 2 is 1.81 bits per heavy atom. The van der Waals surface area contributed by atoms with E-state index in [4.69, 9.17) is 15.2 Å². The molecule has 90 valence electrons. The molecule has 3 nitrogen and oxygen atoms in total. The minimum absolute atomic E-state index is 0.00199. The van der Waals surface area contributed by atoms with Gasteiger partial charge < -0.3 is 15.2 Å². The van der Waals surface area contributed by atoms with Gasteiger partial charge in [0.1, 0.15) is 0 Å². The molecule has 0 heterocycles. The van der Waals surface area contributed by atoms with E-state index in [1.807, 2.05) is 6.92 Å². The van der Waals surface area contributed by atoms with Gasteiger partial charge in [-0.25, -0.2) is 0 Å². The Hall–Kier alpha value is -0.900. The van der Waals surface area contributed by atoms with Crippen LogP contribution in [0.2, 0.25) is 0 Å². The molecule has 0 saturated carbocycles. The van der Waals surface area contributed by atoms with Gasteiger partial charge in [-0.3, -0.25) is 0 Å². The van der Waals surface area contributed by atoms with Gasteiger partial charge in [0.2, 0.25) is 0 Å². The molecule has 0 aliphatic carbocycles. The highest BCUT2D eigenvalue weighted by atomic mass is 16.5. The van der Waals surface area contributed by atoms with Crippen molar-refractivity contribution in [3.05, 3.63) is 35.4 Å². The number of benzene rings is 1. The first kappa shape index (κ1) is 13.2. The zero-order chi connectivity index (χ0) is 12.0. The number of hydrogen-bond acceptors (Lipinski definition) is 3. The third-order valence-electron chi connectivity index (χ3n) is 2.64. The molecule has 16 heavy (non-hydrogen) atoms. The molecule has 0 aliphatic heterocycles. The van der Waals surface area contributed by atoms with Gasteiger partial charge in [-0.05, 0) is 19.4 Å². The van der Waals surface area contributed by atoms with Crippen LogP contribution in [0.3, 0.4) is 0 Å². The first-order chi connectivity index (χ1) is 7.65. The molecule has 1 aromatic rings. The first-order valence-electron chi connectivity index (χ1n) is 5.58. The normalized spacial score (nSPS) is 14.8. The topological polar surface area (TPSA) is 44.5 Å². The average Bonchev–Trinajstić information content (AvgIpc) is 2.29. The van der Waals surface area contributed by atoms with Crippen LogP contribution in [-0.4, -0.2) is 26.4 Å². The van der Waals surface area contributed by atoms with Crippen molar-refractivity contribution in [1.29, 1.82) is 0 Å². The standard InChI is InChI=1S/C13H21NO2/c1-10-4-6-12(7-5-10)13(14)11(2)16-9-8-15-3/h4-7,11,13H,8-9,14H2,1-3H3. The quantitative estimate of drug-likeness (QED) is 0.751. The van der Waals surface area contributed by atoms with Crippen LogP contribution in [0.5, 0.6) is 0 Å². The average molecular weight is 223 g/mol. The molecule has 2 N–H and O–H groups in total. The van der Waals surface area contributed by atoms with E-state index in [9.17, 15) is 0 Å². The number of hydrogen-bond donors (Lipinski definition) is 1. The van der Waals surface area contributed by atoms with Crippen LogP contribution in [0.25, 0.3) is 0 Å². The Morgan fingerprint density at radius 3 is 2.38 bits per heavy atom. The molecule has 0 spiro atoms. The fraction of sp³-hybridized carbons (Fsp3) is 0.538. The van der Waals surface area contributed by atoms with Gasteiger partial charge in [-0.2, -0.15) is 0 Å². The maximum atomic E-state index is 6.11. The van der Waals surface area contributed by atoms with E-state index in [0.29, 0.717) is 13.2 Å². The van der Waals surface area contributed by atoms with Crippen LogP contribution in [0.1, 0.15) is 24.1 Å². The Labute approximate surface area is 97.6 Å². The van der Waals surface area contributed by atoms with Gasteiger partial charge >= 0.3 is 0 Å². The van der Waals surface area contributed by atoms with E-state index < -0.39 is 0 Å². The lowest BCUT2D eigenvalue weighted by molar-refractivity contribution is 0.0139. The predicted molar refractivity (Wildman–Crippen MR) is 65.4 cm³/mol. The predicted octanol–water partition coefficient (Wildman–Crippen LogP) is 2.05. The van der Waals surface area contributed by atoms with E-state index in [-0.39, 0.29) is 12.1 Å². The molecular weight excluding hydrogens is 202 g/mol. The number of methoxy groups -OCH3 is 1. The summed E-state index contributed by atoms with van der Waals surface area (Å²) >= 11 is 0. The summed E-state index contributed by atoms with van der Waals surface area (Å²) in [7, 11) is 1.66. The van der Waals surface area contributed by atoms with Crippen LogP contribution in [0.15, 0.2) is 24.3 Å². The van der Waals surface area contributed by atoms with Crippen molar-refractivity contribution in [2.24, 2.45) is 5.73 Å². The summed E-state index contributed by atoms with van der Waals surface area (Å²) in [5.41, 5.74) is 8.45. The Morgan fingerprint density at radius 1 is 1.19 bits per heavy atom. The Balaban J connectivity index is 2.49. The SMILES string of the molecule is COCCOC(C)C(N)c1ccc(C)cc1. The fourth-order valence-electron chi connectivity index (χ4n) is 1.48. The van der Waals surface area contributed by atoms with Crippen LogP contribution in [0, 0.1) is 6.92 Å². The lowest BCUT2D eigenvalue weighted by Gasteiger charge is -2.20. The largest absolute Gasteiger partial charge is 0.382 e. The van der Waals surface area contributed by atoms with E-state index in [1.165, 1.54) is 5.56 Å². The first-order valence-corrected chi connectivity index (χ1v) is 5.58. The van der Waals surface area contributed by atoms with Gasteiger partial charge in [0, 0.05) is 7.11 Å². The van der Waals surface area contributed by atoms with Gasteiger partial charge in [-0.15, -0.1) is 0 Å². The monoisotopic (exact) mass is 223 g/mol. The van der Waals surface area contributed by atoms with E-state index >= 15 is 0 Å². The van der Waals surface area contributed by atoms with Crippen molar-refractivity contribution < 1.29 is 9.47 Å². The maximum Gasteiger partial charge on any atom is 0.0740 e. The number of ether oxygens (including phenoxy) is 2. The van der Waals surface area contributed by atoms with Gasteiger partial charge in [0.25, 0.3) is 0 Å². The molecule has 0 radical (unpaired) electrons. The minimum atomic E-state index is -0.0857. The molecular formula is C13H21NO2. The molecule has 0 bridgehead atoms. The maximum absolute atomic E-state index is 6.11. The van der Waals surface area contributed by atoms with Crippen molar-refractivity contribution in [2.75, 3.05) is 20.3 Å². The van der Waals surface area contributed by atoms with Crippen LogP contribution in [0.4, 0.5) is 0 Å². The van der Waals surface area contributed by atoms with E-state index in [2.05, 4.69) is 31.2 Å². The van der Waals surface area contributed by atoms with Crippen molar-refractivity contribution in [1.82, 2.24) is 0 Å². The Kier molecular flexibility index (Phi) is 5.46. The van der Waals surface area contributed by atoms with Crippen LogP contribution in [-0.2, 0) is 9.47 Å². The molecule has 1 aromatic carbocycles. The second-order valence-corrected chi connectivity index (χ2v) is 4.01. The molecule has 0 fully saturated rings. The minimum Gasteiger partial charge on any atom is -0.382 e. The highest BCUT2D eigenvalue weighted by Gasteiger charge is 2.14. The molecule has 2 atom stereocenters. The molecule has 3 heteroatoms. The second-order valence-electron chi connectivity index (χ2n) is 4.01. The highest BCUT2D eigenvalue weighted by molar-refractivity contribution is 5.24. The number of aryl methyl sites for hydroxylation is 1. The summed E-state index contributed by atoms with van der Waals surface area (Å²) in [5, 5.41) is 0. The fourth-order valence-corrected chi connectivity index (χ4v) is 1.48. The van der Waals surface area contributed by atoms with Gasteiger partial charge in [0.05, 0.1) is 25.4 Å². The van der Waals surface area contributed by atoms with E-state index in [0.717, 1.165) is 5.56 Å². The lowest BCUT2D eigenvalue weighted by Crippen LogP contribution is -2.27. The molecule has 0 amide bonds. The zero-order valence-electron chi connectivity index (χ0n) is 10.3. The third kappa shape index (κ3) is 3.93. The molecule has 2 unspecified atom stereocenters. The Bertz CT molecular complexity index is 297. The summed E-state index contributed by atoms with van der Waals surface area (Å²) in [6, 6.07) is 8.15. The molecule has 0 aliphatic rings. The molecule has 0 aromatic heterocycles. The molecule has 0 saturated heterocycles. The lowest BCUT2D eigenvalue weighted by atomic mass is 10.0. The summed E-state index contributed by atoms with van der Waals surface area (Å²) in [6.07, 6.45) is -0.00199. The van der Waals surface area contributed by atoms with Crippen molar-refractivity contribution in [3.8, 4) is 0 Å². The summed E-state index contributed by atoms with van der Waals surface area (Å²) in [4.78, 5) is 0. The van der Waals surface area contributed by atoms with Crippen molar-refractivity contribution >= 4 is 0 Å². The second kappa shape index (κ2) is 6.63. The van der Waals surface area contributed by atoms with Crippen molar-refractivity contribution in [2.45, 2.75) is 26.0 Å². The summed E-state index contributed by atoms with van der Waals surface area (Å²) < 4.78 is 10.5. The third-order valence-corrected chi connectivity index (χ3v) is 2.64. The molecule has 1 rings (SSSR count). The van der Waals surface area contributed by atoms with Crippen LogP contribution < -0.4 is 5.73 Å². The number of nitrogens with two attached hydrogens (primary N) is 1. The highest BCUT2D eigenvalue weighted by Crippen LogP contribution is 2.16. The van der Waals surface area contributed by atoms with Crippen molar-refractivity contribution in [3.63, 3.8) is 0 Å². The van der Waals surface area contributed by atoms with E-state index in [1.54, 1.807) is 7.11 Å².